The molecule has 0 saturated heterocycles. The number of nitrogens with zero attached hydrogens (tertiary/aromatic N) is 2. The molecule has 0 bridgehead atoms. The lowest BCUT2D eigenvalue weighted by atomic mass is 10.2. The van der Waals surface area contributed by atoms with E-state index in [1.807, 2.05) is 14.0 Å². The van der Waals surface area contributed by atoms with E-state index >= 15 is 0 Å². The van der Waals surface area contributed by atoms with Crippen LogP contribution in [0.15, 0.2) is 0 Å². The molecular weight excluding hydrogens is 192 g/mol. The second-order valence-corrected chi connectivity index (χ2v) is 4.07. The van der Waals surface area contributed by atoms with Gasteiger partial charge in [0.1, 0.15) is 6.10 Å². The molecule has 0 aromatic carbocycles. The smallest absolute Gasteiger partial charge is 0.222 e. The van der Waals surface area contributed by atoms with Gasteiger partial charge in [-0.25, -0.2) is 4.68 Å². The van der Waals surface area contributed by atoms with Gasteiger partial charge < -0.3 is 4.74 Å². The molecule has 0 amide bonds. The topological polar surface area (TPSA) is 44.1 Å². The lowest BCUT2D eigenvalue weighted by Crippen LogP contribution is -2.14. The van der Waals surface area contributed by atoms with Crippen LogP contribution in [0.25, 0.3) is 0 Å². The van der Waals surface area contributed by atoms with Crippen LogP contribution in [0.4, 0.5) is 0 Å². The summed E-state index contributed by atoms with van der Waals surface area (Å²) in [6.45, 7) is 1.82. The fourth-order valence-electron chi connectivity index (χ4n) is 2.09. The van der Waals surface area contributed by atoms with Crippen molar-refractivity contribution in [3.8, 4) is 5.88 Å². The highest BCUT2D eigenvalue weighted by molar-refractivity contribution is 5.80. The molecule has 4 heteroatoms. The zero-order chi connectivity index (χ0) is 10.8. The molecule has 0 N–H and O–H groups in total. The van der Waals surface area contributed by atoms with Crippen molar-refractivity contribution in [3.63, 3.8) is 0 Å². The SMILES string of the molecule is Cc1nn(C)c(OC2CCCC2)c1C=O. The lowest BCUT2D eigenvalue weighted by Gasteiger charge is -2.13. The Morgan fingerprint density at radius 2 is 2.13 bits per heavy atom. The van der Waals surface area contributed by atoms with Gasteiger partial charge in [0, 0.05) is 7.05 Å². The maximum Gasteiger partial charge on any atom is 0.222 e. The van der Waals surface area contributed by atoms with Gasteiger partial charge in [-0.1, -0.05) is 0 Å². The third-order valence-corrected chi connectivity index (χ3v) is 2.91. The molecule has 82 valence electrons. The Kier molecular flexibility index (Phi) is 2.75. The normalized spacial score (nSPS) is 16.9. The molecule has 4 nitrogen and oxygen atoms in total. The monoisotopic (exact) mass is 208 g/mol. The third kappa shape index (κ3) is 1.89. The van der Waals surface area contributed by atoms with Gasteiger partial charge in [-0.2, -0.15) is 5.10 Å². The highest BCUT2D eigenvalue weighted by atomic mass is 16.5. The number of hydrogen-bond acceptors (Lipinski definition) is 3. The molecule has 1 saturated carbocycles. The van der Waals surface area contributed by atoms with Gasteiger partial charge in [-0.05, 0) is 32.6 Å². The first kappa shape index (κ1) is 10.2. The first-order valence-corrected chi connectivity index (χ1v) is 5.38. The van der Waals surface area contributed by atoms with Gasteiger partial charge in [0.05, 0.1) is 11.3 Å². The van der Waals surface area contributed by atoms with Crippen molar-refractivity contribution in [3.05, 3.63) is 11.3 Å². The zero-order valence-electron chi connectivity index (χ0n) is 9.19. The summed E-state index contributed by atoms with van der Waals surface area (Å²) < 4.78 is 7.47. The Labute approximate surface area is 89.2 Å². The average Bonchev–Trinajstić information content (AvgIpc) is 2.77. The van der Waals surface area contributed by atoms with E-state index in [0.717, 1.165) is 24.8 Å². The molecule has 15 heavy (non-hydrogen) atoms. The summed E-state index contributed by atoms with van der Waals surface area (Å²) in [4.78, 5) is 10.9. The van der Waals surface area contributed by atoms with Crippen molar-refractivity contribution >= 4 is 6.29 Å². The predicted molar refractivity (Wildman–Crippen MR) is 56.2 cm³/mol. The summed E-state index contributed by atoms with van der Waals surface area (Å²) in [5.74, 6) is 0.620. The number of carbonyl (C=O) groups is 1. The minimum Gasteiger partial charge on any atom is -0.474 e. The van der Waals surface area contributed by atoms with Gasteiger partial charge >= 0.3 is 0 Å². The van der Waals surface area contributed by atoms with Crippen LogP contribution < -0.4 is 4.74 Å². The summed E-state index contributed by atoms with van der Waals surface area (Å²) in [5, 5.41) is 4.18. The van der Waals surface area contributed by atoms with E-state index in [0.29, 0.717) is 11.4 Å². The minimum atomic E-state index is 0.262. The third-order valence-electron chi connectivity index (χ3n) is 2.91. The van der Waals surface area contributed by atoms with Gasteiger partial charge in [-0.15, -0.1) is 0 Å². The number of aryl methyl sites for hydroxylation is 2. The summed E-state index contributed by atoms with van der Waals surface area (Å²) in [7, 11) is 1.81. The molecular formula is C11H16N2O2. The van der Waals surface area contributed by atoms with Crippen molar-refractivity contribution in [1.82, 2.24) is 9.78 Å². The fraction of sp³-hybridized carbons (Fsp3) is 0.636. The van der Waals surface area contributed by atoms with Crippen LogP contribution in [0.3, 0.4) is 0 Å². The van der Waals surface area contributed by atoms with E-state index in [-0.39, 0.29) is 6.10 Å². The van der Waals surface area contributed by atoms with Crippen molar-refractivity contribution < 1.29 is 9.53 Å². The highest BCUT2D eigenvalue weighted by Gasteiger charge is 2.21. The van der Waals surface area contributed by atoms with Crippen LogP contribution in [0.1, 0.15) is 41.7 Å². The van der Waals surface area contributed by atoms with Gasteiger partial charge in [0.15, 0.2) is 6.29 Å². The number of hydrogen-bond donors (Lipinski definition) is 0. The fourth-order valence-corrected chi connectivity index (χ4v) is 2.09. The van der Waals surface area contributed by atoms with Crippen molar-refractivity contribution in [1.29, 1.82) is 0 Å². The first-order chi connectivity index (χ1) is 7.22. The zero-order valence-corrected chi connectivity index (χ0v) is 9.19. The molecule has 1 aliphatic carbocycles. The van der Waals surface area contributed by atoms with E-state index in [4.69, 9.17) is 4.74 Å². The number of carbonyl (C=O) groups excluding carboxylic acids is 1. The Morgan fingerprint density at radius 1 is 1.47 bits per heavy atom. The van der Waals surface area contributed by atoms with E-state index in [9.17, 15) is 4.79 Å². The number of aromatic nitrogens is 2. The van der Waals surface area contributed by atoms with Gasteiger partial charge in [-0.3, -0.25) is 4.79 Å². The minimum absolute atomic E-state index is 0.262. The highest BCUT2D eigenvalue weighted by Crippen LogP contribution is 2.26. The predicted octanol–water partition coefficient (Wildman–Crippen LogP) is 1.86. The summed E-state index contributed by atoms with van der Waals surface area (Å²) in [6, 6.07) is 0. The molecule has 0 aliphatic heterocycles. The van der Waals surface area contributed by atoms with Crippen LogP contribution in [0, 0.1) is 6.92 Å². The molecule has 1 heterocycles. The Bertz CT molecular complexity index is 365. The maximum atomic E-state index is 10.9. The standard InChI is InChI=1S/C11H16N2O2/c1-8-10(7-14)11(13(2)12-8)15-9-5-3-4-6-9/h7,9H,3-6H2,1-2H3. The van der Waals surface area contributed by atoms with Crippen molar-refractivity contribution in [2.24, 2.45) is 7.05 Å². The van der Waals surface area contributed by atoms with E-state index in [2.05, 4.69) is 5.10 Å². The Morgan fingerprint density at radius 3 is 2.73 bits per heavy atom. The summed E-state index contributed by atoms with van der Waals surface area (Å²) >= 11 is 0. The molecule has 0 atom stereocenters. The van der Waals surface area contributed by atoms with Crippen LogP contribution in [0.2, 0.25) is 0 Å². The lowest BCUT2D eigenvalue weighted by molar-refractivity contribution is 0.111. The summed E-state index contributed by atoms with van der Waals surface area (Å²) in [5.41, 5.74) is 1.32. The van der Waals surface area contributed by atoms with Crippen LogP contribution in [-0.4, -0.2) is 22.2 Å². The van der Waals surface area contributed by atoms with Crippen molar-refractivity contribution in [2.75, 3.05) is 0 Å². The largest absolute Gasteiger partial charge is 0.474 e. The maximum absolute atomic E-state index is 10.9. The number of rotatable bonds is 3. The Balaban J connectivity index is 2.22. The van der Waals surface area contributed by atoms with Crippen LogP contribution >= 0.6 is 0 Å². The van der Waals surface area contributed by atoms with E-state index < -0.39 is 0 Å². The van der Waals surface area contributed by atoms with Crippen LogP contribution in [-0.2, 0) is 7.05 Å². The molecule has 1 fully saturated rings. The molecule has 0 unspecified atom stereocenters. The van der Waals surface area contributed by atoms with Crippen LogP contribution in [0.5, 0.6) is 5.88 Å². The van der Waals surface area contributed by atoms with E-state index in [1.165, 1.54) is 12.8 Å². The molecule has 1 aromatic rings. The quantitative estimate of drug-likeness (QED) is 0.712. The van der Waals surface area contributed by atoms with Gasteiger partial charge in [0.2, 0.25) is 5.88 Å². The number of aldehydes is 1. The average molecular weight is 208 g/mol. The number of ether oxygens (including phenoxy) is 1. The second kappa shape index (κ2) is 4.04. The molecule has 0 radical (unpaired) electrons. The first-order valence-electron chi connectivity index (χ1n) is 5.38. The van der Waals surface area contributed by atoms with Crippen molar-refractivity contribution in [2.45, 2.75) is 38.7 Å². The van der Waals surface area contributed by atoms with E-state index in [1.54, 1.807) is 4.68 Å². The summed E-state index contributed by atoms with van der Waals surface area (Å²) in [6.07, 6.45) is 5.70. The van der Waals surface area contributed by atoms with Gasteiger partial charge in [0.25, 0.3) is 0 Å². The Hall–Kier alpha value is -1.32. The second-order valence-electron chi connectivity index (χ2n) is 4.07. The molecule has 0 spiro atoms. The molecule has 2 rings (SSSR count). The molecule has 1 aliphatic rings. The molecule has 1 aromatic heterocycles.